The van der Waals surface area contributed by atoms with Crippen LogP contribution in [0.1, 0.15) is 44.8 Å². The Bertz CT molecular complexity index is 1180. The number of benzene rings is 2. The summed E-state index contributed by atoms with van der Waals surface area (Å²) in [4.78, 5) is 14.5. The fourth-order valence-electron chi connectivity index (χ4n) is 3.74. The lowest BCUT2D eigenvalue weighted by molar-refractivity contribution is 0.102. The Balaban J connectivity index is 1.81. The molecule has 6 heteroatoms. The molecule has 4 rings (SSSR count). The molecular weight excluding hydrogens is 402 g/mol. The zero-order valence-electron chi connectivity index (χ0n) is 16.5. The Morgan fingerprint density at radius 3 is 2.38 bits per heavy atom. The summed E-state index contributed by atoms with van der Waals surface area (Å²) in [6.45, 7) is 3.80. The van der Waals surface area contributed by atoms with Gasteiger partial charge in [-0.1, -0.05) is 35.9 Å². The van der Waals surface area contributed by atoms with E-state index in [2.05, 4.69) is 5.32 Å². The quantitative estimate of drug-likeness (QED) is 0.615. The van der Waals surface area contributed by atoms with Crippen molar-refractivity contribution in [1.82, 2.24) is 0 Å². The maximum atomic E-state index is 13.5. The third-order valence-electron chi connectivity index (χ3n) is 5.34. The molecule has 0 saturated carbocycles. The van der Waals surface area contributed by atoms with Gasteiger partial charge in [-0.25, -0.2) is 8.42 Å². The number of amides is 1. The number of sulfone groups is 1. The van der Waals surface area contributed by atoms with Crippen molar-refractivity contribution < 1.29 is 13.2 Å². The van der Waals surface area contributed by atoms with Gasteiger partial charge >= 0.3 is 0 Å². The van der Waals surface area contributed by atoms with Gasteiger partial charge in [-0.2, -0.15) is 0 Å². The number of nitrogens with one attached hydrogen (secondary N) is 1. The SMILES string of the molecule is Cc1ccc(S(=O)(=O)c2c(NC(=O)c3ccccc3C)sc3c2CCCC3)cc1. The van der Waals surface area contributed by atoms with Crippen LogP contribution in [0, 0.1) is 13.8 Å². The number of anilines is 1. The lowest BCUT2D eigenvalue weighted by Gasteiger charge is -2.14. The van der Waals surface area contributed by atoms with E-state index in [0.717, 1.165) is 47.3 Å². The van der Waals surface area contributed by atoms with Crippen molar-refractivity contribution in [2.45, 2.75) is 49.3 Å². The lowest BCUT2D eigenvalue weighted by atomic mass is 9.99. The van der Waals surface area contributed by atoms with Gasteiger partial charge in [0.1, 0.15) is 9.90 Å². The number of hydrogen-bond acceptors (Lipinski definition) is 4. The standard InChI is InChI=1S/C23H23NO3S2/c1-15-11-13-17(14-12-15)29(26,27)21-19-9-5-6-10-20(19)28-23(21)24-22(25)18-8-4-3-7-16(18)2/h3-4,7-8,11-14H,5-6,9-10H2,1-2H3,(H,24,25). The molecule has 3 aromatic rings. The van der Waals surface area contributed by atoms with Crippen LogP contribution in [0.5, 0.6) is 0 Å². The van der Waals surface area contributed by atoms with E-state index in [9.17, 15) is 13.2 Å². The van der Waals surface area contributed by atoms with Gasteiger partial charge in [0.05, 0.1) is 4.90 Å². The normalized spacial score (nSPS) is 13.7. The van der Waals surface area contributed by atoms with Gasteiger partial charge in [0.25, 0.3) is 5.91 Å². The molecule has 1 aliphatic carbocycles. The largest absolute Gasteiger partial charge is 0.312 e. The Kier molecular flexibility index (Phi) is 5.32. The summed E-state index contributed by atoms with van der Waals surface area (Å²) >= 11 is 1.40. The van der Waals surface area contributed by atoms with E-state index in [1.165, 1.54) is 11.3 Å². The fourth-order valence-corrected chi connectivity index (χ4v) is 7.01. The maximum absolute atomic E-state index is 13.5. The van der Waals surface area contributed by atoms with Gasteiger partial charge in [-0.15, -0.1) is 11.3 Å². The van der Waals surface area contributed by atoms with Gasteiger partial charge in [-0.3, -0.25) is 4.79 Å². The van der Waals surface area contributed by atoms with E-state index < -0.39 is 9.84 Å². The number of fused-ring (bicyclic) bond motifs is 1. The van der Waals surface area contributed by atoms with E-state index in [0.29, 0.717) is 10.6 Å². The minimum Gasteiger partial charge on any atom is -0.312 e. The van der Waals surface area contributed by atoms with E-state index in [-0.39, 0.29) is 15.7 Å². The van der Waals surface area contributed by atoms with Crippen LogP contribution >= 0.6 is 11.3 Å². The molecule has 0 aliphatic heterocycles. The van der Waals surface area contributed by atoms with Crippen LogP contribution in [-0.2, 0) is 22.7 Å². The van der Waals surface area contributed by atoms with Crippen LogP contribution in [-0.4, -0.2) is 14.3 Å². The molecule has 1 N–H and O–H groups in total. The van der Waals surface area contributed by atoms with Crippen LogP contribution in [0.25, 0.3) is 0 Å². The third kappa shape index (κ3) is 3.74. The first kappa shape index (κ1) is 19.9. The van der Waals surface area contributed by atoms with Gasteiger partial charge in [0.2, 0.25) is 9.84 Å². The predicted octanol–water partition coefficient (Wildman–Crippen LogP) is 5.33. The Morgan fingerprint density at radius 1 is 0.966 bits per heavy atom. The number of hydrogen-bond donors (Lipinski definition) is 1. The second-order valence-corrected chi connectivity index (χ2v) is 10.4. The van der Waals surface area contributed by atoms with Gasteiger partial charge < -0.3 is 5.32 Å². The summed E-state index contributed by atoms with van der Waals surface area (Å²) in [6.07, 6.45) is 3.59. The van der Waals surface area contributed by atoms with E-state index in [4.69, 9.17) is 0 Å². The molecule has 4 nitrogen and oxygen atoms in total. The molecule has 1 aliphatic rings. The van der Waals surface area contributed by atoms with Crippen LogP contribution in [0.2, 0.25) is 0 Å². The van der Waals surface area contributed by atoms with Crippen molar-refractivity contribution in [3.05, 3.63) is 75.7 Å². The summed E-state index contributed by atoms with van der Waals surface area (Å²) < 4.78 is 27.1. The molecule has 2 aromatic carbocycles. The lowest BCUT2D eigenvalue weighted by Crippen LogP contribution is -2.15. The van der Waals surface area contributed by atoms with Crippen LogP contribution < -0.4 is 5.32 Å². The number of rotatable bonds is 4. The smallest absolute Gasteiger partial charge is 0.256 e. The maximum Gasteiger partial charge on any atom is 0.256 e. The van der Waals surface area contributed by atoms with Crippen LogP contribution in [0.4, 0.5) is 5.00 Å². The fraction of sp³-hybridized carbons (Fsp3) is 0.261. The highest BCUT2D eigenvalue weighted by molar-refractivity contribution is 7.92. The van der Waals surface area contributed by atoms with Gasteiger partial charge in [-0.05, 0) is 68.9 Å². The molecule has 0 radical (unpaired) electrons. The van der Waals surface area contributed by atoms with E-state index in [1.54, 1.807) is 30.3 Å². The zero-order chi connectivity index (χ0) is 20.6. The number of aryl methyl sites for hydroxylation is 3. The highest BCUT2D eigenvalue weighted by Gasteiger charge is 2.31. The van der Waals surface area contributed by atoms with Crippen LogP contribution in [0.15, 0.2) is 58.3 Å². The first-order valence-electron chi connectivity index (χ1n) is 9.71. The molecule has 1 heterocycles. The zero-order valence-corrected chi connectivity index (χ0v) is 18.1. The minimum absolute atomic E-state index is 0.265. The monoisotopic (exact) mass is 425 g/mol. The third-order valence-corrected chi connectivity index (χ3v) is 8.56. The van der Waals surface area contributed by atoms with Gasteiger partial charge in [0, 0.05) is 10.4 Å². The van der Waals surface area contributed by atoms with E-state index in [1.807, 2.05) is 32.0 Å². The molecule has 0 unspecified atom stereocenters. The Labute approximate surface area is 175 Å². The molecule has 150 valence electrons. The summed E-state index contributed by atoms with van der Waals surface area (Å²) in [5.41, 5.74) is 3.29. The molecule has 0 spiro atoms. The van der Waals surface area contributed by atoms with Gasteiger partial charge in [0.15, 0.2) is 0 Å². The Hall–Kier alpha value is -2.44. The molecule has 0 bridgehead atoms. The molecule has 0 saturated heterocycles. The van der Waals surface area contributed by atoms with Crippen molar-refractivity contribution in [2.24, 2.45) is 0 Å². The number of carbonyl (C=O) groups is 1. The first-order chi connectivity index (χ1) is 13.9. The Morgan fingerprint density at radius 2 is 1.66 bits per heavy atom. The molecule has 0 fully saturated rings. The molecular formula is C23H23NO3S2. The van der Waals surface area contributed by atoms with Crippen molar-refractivity contribution >= 4 is 32.1 Å². The number of carbonyl (C=O) groups excluding carboxylic acids is 1. The van der Waals surface area contributed by atoms with E-state index >= 15 is 0 Å². The molecule has 1 amide bonds. The van der Waals surface area contributed by atoms with Crippen molar-refractivity contribution in [3.63, 3.8) is 0 Å². The minimum atomic E-state index is -3.73. The summed E-state index contributed by atoms with van der Waals surface area (Å²) in [7, 11) is -3.73. The summed E-state index contributed by atoms with van der Waals surface area (Å²) in [6, 6.07) is 14.2. The molecule has 0 atom stereocenters. The highest BCUT2D eigenvalue weighted by atomic mass is 32.2. The van der Waals surface area contributed by atoms with Crippen LogP contribution in [0.3, 0.4) is 0 Å². The van der Waals surface area contributed by atoms with Crippen molar-refractivity contribution in [1.29, 1.82) is 0 Å². The topological polar surface area (TPSA) is 63.2 Å². The average molecular weight is 426 g/mol. The summed E-state index contributed by atoms with van der Waals surface area (Å²) in [5, 5.41) is 3.35. The first-order valence-corrected chi connectivity index (χ1v) is 12.0. The predicted molar refractivity (Wildman–Crippen MR) is 117 cm³/mol. The van der Waals surface area contributed by atoms with Crippen molar-refractivity contribution in [3.8, 4) is 0 Å². The number of thiophene rings is 1. The average Bonchev–Trinajstić information content (AvgIpc) is 3.07. The summed E-state index contributed by atoms with van der Waals surface area (Å²) in [5.74, 6) is -0.276. The molecule has 29 heavy (non-hydrogen) atoms. The second kappa shape index (κ2) is 7.76. The van der Waals surface area contributed by atoms with Crippen molar-refractivity contribution in [2.75, 3.05) is 5.32 Å². The highest BCUT2D eigenvalue weighted by Crippen LogP contribution is 2.43. The molecule has 1 aromatic heterocycles. The second-order valence-electron chi connectivity index (χ2n) is 7.45.